The van der Waals surface area contributed by atoms with E-state index in [2.05, 4.69) is 93.5 Å². The van der Waals surface area contributed by atoms with Gasteiger partial charge in [0.1, 0.15) is 60.9 Å². The zero-order chi connectivity index (χ0) is 39.3. The molecule has 0 aliphatic carbocycles. The predicted molar refractivity (Wildman–Crippen MR) is 242 cm³/mol. The van der Waals surface area contributed by atoms with Gasteiger partial charge in [-0.05, 0) is 74.1 Å². The lowest BCUT2D eigenvalue weighted by atomic mass is 10.2. The predicted octanol–water partition coefficient (Wildman–Crippen LogP) is 11.3. The van der Waals surface area contributed by atoms with Gasteiger partial charge in [0.25, 0.3) is 0 Å². The highest BCUT2D eigenvalue weighted by atomic mass is 79.9. The maximum absolute atomic E-state index is 8.17. The number of rotatable bonds is 4. The number of hydrogen-bond acceptors (Lipinski definition) is 17. The molecule has 0 fully saturated rings. The van der Waals surface area contributed by atoms with E-state index in [1.54, 1.807) is 76.7 Å². The molecule has 0 aliphatic heterocycles. The van der Waals surface area contributed by atoms with Crippen molar-refractivity contribution in [2.75, 3.05) is 0 Å². The van der Waals surface area contributed by atoms with Gasteiger partial charge in [-0.3, -0.25) is 0 Å². The molecule has 0 saturated heterocycles. The monoisotopic (exact) mass is 954 g/mol. The van der Waals surface area contributed by atoms with Crippen LogP contribution in [-0.4, -0.2) is 49.8 Å². The van der Waals surface area contributed by atoms with Crippen LogP contribution in [0.25, 0.3) is 61.5 Å². The fourth-order valence-corrected chi connectivity index (χ4v) is 10.2. The van der Waals surface area contributed by atoms with Crippen LogP contribution in [0.15, 0.2) is 88.4 Å². The van der Waals surface area contributed by atoms with Gasteiger partial charge in [-0.25, -0.2) is 49.8 Å². The van der Waals surface area contributed by atoms with Crippen molar-refractivity contribution in [1.82, 2.24) is 49.8 Å². The van der Waals surface area contributed by atoms with Gasteiger partial charge in [0.2, 0.25) is 0 Å². The number of hydrogen-bond donors (Lipinski definition) is 1. The van der Waals surface area contributed by atoms with E-state index in [9.17, 15) is 0 Å². The fourth-order valence-electron chi connectivity index (χ4n) is 4.82. The molecule has 290 valence electrons. The van der Waals surface area contributed by atoms with Crippen molar-refractivity contribution in [3.8, 4) is 0 Å². The van der Waals surface area contributed by atoms with Crippen molar-refractivity contribution in [2.24, 2.45) is 10.8 Å². The summed E-state index contributed by atoms with van der Waals surface area (Å²) in [6.45, 7) is 5.01. The SMILES string of the molecule is BrCc1csc2ncncc12.Cc1csc2ncnc(Cl)c12.Cc1csc2ncncc12.Cl.NCc1csc2ncncc12.[N-]=[N+]=NCc1csc2ncncc12. The number of alkyl halides is 1. The number of fused-ring (bicyclic) bond motifs is 5. The van der Waals surface area contributed by atoms with Crippen LogP contribution >= 0.6 is 96.6 Å². The molecule has 10 aromatic rings. The molecule has 0 spiro atoms. The average Bonchev–Trinajstić information content (AvgIpc) is 4.09. The van der Waals surface area contributed by atoms with Crippen LogP contribution in [0.3, 0.4) is 0 Å². The van der Waals surface area contributed by atoms with Crippen LogP contribution < -0.4 is 5.73 Å². The molecule has 57 heavy (non-hydrogen) atoms. The minimum Gasteiger partial charge on any atom is -0.326 e. The fraction of sp³-hybridized carbons (Fsp3) is 0.143. The molecule has 0 atom stereocenters. The van der Waals surface area contributed by atoms with Gasteiger partial charge >= 0.3 is 0 Å². The van der Waals surface area contributed by atoms with Crippen molar-refractivity contribution >= 4 is 148 Å². The van der Waals surface area contributed by atoms with Gasteiger partial charge < -0.3 is 5.73 Å². The van der Waals surface area contributed by atoms with E-state index >= 15 is 0 Å². The van der Waals surface area contributed by atoms with Crippen LogP contribution in [0.2, 0.25) is 5.15 Å². The molecule has 10 heterocycles. The van der Waals surface area contributed by atoms with Crippen molar-refractivity contribution < 1.29 is 0 Å². The molecule has 0 aliphatic rings. The number of nitrogens with two attached hydrogens (primary N) is 1. The van der Waals surface area contributed by atoms with E-state index in [-0.39, 0.29) is 12.4 Å². The second kappa shape index (κ2) is 21.9. The lowest BCUT2D eigenvalue weighted by Gasteiger charge is -1.91. The maximum Gasteiger partial charge on any atom is 0.141 e. The molecule has 14 nitrogen and oxygen atoms in total. The normalized spacial score (nSPS) is 10.3. The average molecular weight is 957 g/mol. The minimum absolute atomic E-state index is 0. The summed E-state index contributed by atoms with van der Waals surface area (Å²) in [5.74, 6) is 0. The van der Waals surface area contributed by atoms with Crippen molar-refractivity contribution in [3.63, 3.8) is 0 Å². The summed E-state index contributed by atoms with van der Waals surface area (Å²) in [7, 11) is 0. The maximum atomic E-state index is 8.17. The van der Waals surface area contributed by atoms with Gasteiger partial charge in [0.15, 0.2) is 0 Å². The number of aromatic nitrogens is 10. The van der Waals surface area contributed by atoms with Gasteiger partial charge in [-0.15, -0.1) is 69.1 Å². The molecule has 0 unspecified atom stereocenters. The smallest absolute Gasteiger partial charge is 0.141 e. The Balaban J connectivity index is 0.000000136. The van der Waals surface area contributed by atoms with Crippen LogP contribution in [-0.2, 0) is 18.4 Å². The van der Waals surface area contributed by atoms with E-state index in [1.165, 1.54) is 40.5 Å². The van der Waals surface area contributed by atoms with Crippen molar-refractivity contribution in [3.05, 3.63) is 127 Å². The zero-order valence-electron chi connectivity index (χ0n) is 29.8. The first-order valence-corrected chi connectivity index (χ1v) is 22.0. The highest BCUT2D eigenvalue weighted by Crippen LogP contribution is 2.28. The summed E-state index contributed by atoms with van der Waals surface area (Å²) in [5, 5.41) is 20.5. The Labute approximate surface area is 364 Å². The van der Waals surface area contributed by atoms with Crippen molar-refractivity contribution in [2.45, 2.75) is 32.3 Å². The first-order valence-electron chi connectivity index (χ1n) is 16.1. The highest BCUT2D eigenvalue weighted by Gasteiger charge is 2.06. The Kier molecular flexibility index (Phi) is 16.8. The van der Waals surface area contributed by atoms with E-state index in [0.717, 1.165) is 67.7 Å². The van der Waals surface area contributed by atoms with Gasteiger partial charge in [0, 0.05) is 63.1 Å². The Hall–Kier alpha value is -4.47. The Morgan fingerprint density at radius 1 is 0.614 bits per heavy atom. The molecule has 0 amide bonds. The third-order valence-corrected chi connectivity index (χ3v) is 13.4. The molecular formula is C35H29BrCl2N14S5. The minimum atomic E-state index is 0. The Morgan fingerprint density at radius 2 is 1.05 bits per heavy atom. The summed E-state index contributed by atoms with van der Waals surface area (Å²) < 4.78 is 0. The highest BCUT2D eigenvalue weighted by molar-refractivity contribution is 9.08. The van der Waals surface area contributed by atoms with Crippen LogP contribution in [0, 0.1) is 13.8 Å². The Bertz CT molecular complexity index is 2800. The molecule has 10 aromatic heterocycles. The van der Waals surface area contributed by atoms with Crippen LogP contribution in [0.1, 0.15) is 27.8 Å². The number of nitrogens with zero attached hydrogens (tertiary/aromatic N) is 13. The van der Waals surface area contributed by atoms with E-state index in [4.69, 9.17) is 22.9 Å². The molecule has 0 radical (unpaired) electrons. The van der Waals surface area contributed by atoms with Gasteiger partial charge in [-0.1, -0.05) is 32.6 Å². The van der Waals surface area contributed by atoms with E-state index in [1.807, 2.05) is 35.5 Å². The molecule has 10 rings (SSSR count). The molecule has 0 bridgehead atoms. The number of aryl methyl sites for hydroxylation is 2. The molecule has 2 N–H and O–H groups in total. The number of halogens is 3. The molecular weight excluding hydrogens is 928 g/mol. The number of azide groups is 1. The molecule has 0 aromatic carbocycles. The second-order valence-electron chi connectivity index (χ2n) is 11.2. The summed E-state index contributed by atoms with van der Waals surface area (Å²) in [4.78, 5) is 47.9. The van der Waals surface area contributed by atoms with Gasteiger partial charge in [0.05, 0.1) is 11.9 Å². The third-order valence-electron chi connectivity index (χ3n) is 7.63. The van der Waals surface area contributed by atoms with Crippen LogP contribution in [0.4, 0.5) is 0 Å². The van der Waals surface area contributed by atoms with Crippen LogP contribution in [0.5, 0.6) is 0 Å². The first-order chi connectivity index (χ1) is 27.4. The van der Waals surface area contributed by atoms with E-state index < -0.39 is 0 Å². The quantitative estimate of drug-likeness (QED) is 0.0578. The van der Waals surface area contributed by atoms with Gasteiger partial charge in [-0.2, -0.15) is 0 Å². The zero-order valence-corrected chi connectivity index (χ0v) is 37.0. The summed E-state index contributed by atoms with van der Waals surface area (Å²) >= 11 is 17.3. The Morgan fingerprint density at radius 3 is 1.58 bits per heavy atom. The van der Waals surface area contributed by atoms with Crippen molar-refractivity contribution in [1.29, 1.82) is 0 Å². The molecule has 22 heteroatoms. The largest absolute Gasteiger partial charge is 0.326 e. The summed E-state index contributed by atoms with van der Waals surface area (Å²) in [5.41, 5.74) is 19.5. The molecule has 0 saturated carbocycles. The first kappa shape index (κ1) is 43.6. The van der Waals surface area contributed by atoms with E-state index in [0.29, 0.717) is 18.2 Å². The summed E-state index contributed by atoms with van der Waals surface area (Å²) in [6.07, 6.45) is 15.0. The lowest BCUT2D eigenvalue weighted by Crippen LogP contribution is -1.94. The summed E-state index contributed by atoms with van der Waals surface area (Å²) in [6, 6.07) is 0. The topological polar surface area (TPSA) is 204 Å². The third kappa shape index (κ3) is 11.1. The second-order valence-corrected chi connectivity index (χ2v) is 16.4. The standard InChI is InChI=1S/C7H5BrN2S.C7H5ClN2S.C7H5N5S.C7H7N3S.C7H6N2S.ClH/c8-1-5-3-11-7-6(5)2-9-4-10-7;1-4-2-11-7-5(4)6(8)9-3-10-7;8-12-11-1-5-3-13-7-6(5)2-9-4-10-7;8-1-5-3-11-7-6(5)2-9-4-10-7;1-5-3-10-7-6(5)2-8-4-9-7;/h2-4H,1H2;2-3H,1H3;2-4H,1H2;2-4H,1,8H2;2-4H,1H3;1H. The lowest BCUT2D eigenvalue weighted by molar-refractivity contribution is 1.06. The number of thiophene rings is 5.